The maximum absolute atomic E-state index is 6.17. The third-order valence-corrected chi connectivity index (χ3v) is 5.05. The van der Waals surface area contributed by atoms with Crippen molar-refractivity contribution >= 4 is 33.4 Å². The molecular weight excluding hydrogens is 449 g/mol. The summed E-state index contributed by atoms with van der Waals surface area (Å²) >= 11 is 2.30. The molecule has 0 aliphatic carbocycles. The van der Waals surface area contributed by atoms with E-state index in [-0.39, 0.29) is 0 Å². The minimum Gasteiger partial charge on any atom is -0.489 e. The van der Waals surface area contributed by atoms with E-state index in [1.54, 1.807) is 0 Å². The summed E-state index contributed by atoms with van der Waals surface area (Å²) in [5.74, 6) is 1.59. The molecule has 0 aliphatic rings. The van der Waals surface area contributed by atoms with Gasteiger partial charge in [-0.05, 0) is 39.8 Å². The van der Waals surface area contributed by atoms with Crippen LogP contribution in [0.1, 0.15) is 11.1 Å². The van der Waals surface area contributed by atoms with Gasteiger partial charge in [-0.1, -0.05) is 60.7 Å². The van der Waals surface area contributed by atoms with E-state index < -0.39 is 0 Å². The average molecular weight is 467 g/mol. The van der Waals surface area contributed by atoms with Crippen LogP contribution < -0.4 is 9.47 Å². The first-order valence-electron chi connectivity index (χ1n) is 8.70. The van der Waals surface area contributed by atoms with Crippen LogP contribution >= 0.6 is 22.6 Å². The number of hydrogen-bond donors (Lipinski definition) is 0. The Morgan fingerprint density at radius 3 is 2.04 bits per heavy atom. The molecule has 3 nitrogen and oxygen atoms in total. The highest BCUT2D eigenvalue weighted by atomic mass is 127. The van der Waals surface area contributed by atoms with Gasteiger partial charge in [0.25, 0.3) is 0 Å². The van der Waals surface area contributed by atoms with Gasteiger partial charge in [0, 0.05) is 32.8 Å². The van der Waals surface area contributed by atoms with Gasteiger partial charge in [0.2, 0.25) is 0 Å². The molecule has 0 atom stereocenters. The van der Waals surface area contributed by atoms with Gasteiger partial charge in [-0.2, -0.15) is 0 Å². The predicted molar refractivity (Wildman–Crippen MR) is 116 cm³/mol. The third kappa shape index (κ3) is 4.39. The van der Waals surface area contributed by atoms with Crippen molar-refractivity contribution in [3.63, 3.8) is 0 Å². The van der Waals surface area contributed by atoms with E-state index >= 15 is 0 Å². The number of ether oxygens (including phenoxy) is 2. The summed E-state index contributed by atoms with van der Waals surface area (Å²) in [7, 11) is 0. The van der Waals surface area contributed by atoms with Crippen LogP contribution in [0.3, 0.4) is 0 Å². The SMILES string of the molecule is Ic1cncc2cc(OCc3ccccc3)cc(OCc3ccccc3)c12. The normalized spacial score (nSPS) is 10.7. The number of fused-ring (bicyclic) bond motifs is 1. The fraction of sp³-hybridized carbons (Fsp3) is 0.0870. The average Bonchev–Trinajstić information content (AvgIpc) is 2.72. The maximum Gasteiger partial charge on any atom is 0.132 e. The van der Waals surface area contributed by atoms with Gasteiger partial charge in [-0.3, -0.25) is 4.98 Å². The Kier molecular flexibility index (Phi) is 5.53. The highest BCUT2D eigenvalue weighted by molar-refractivity contribution is 14.1. The molecule has 134 valence electrons. The lowest BCUT2D eigenvalue weighted by atomic mass is 10.1. The summed E-state index contributed by atoms with van der Waals surface area (Å²) in [4.78, 5) is 4.31. The molecule has 4 aromatic rings. The van der Waals surface area contributed by atoms with Crippen LogP contribution in [0.5, 0.6) is 11.5 Å². The number of rotatable bonds is 6. The van der Waals surface area contributed by atoms with Crippen LogP contribution in [-0.2, 0) is 13.2 Å². The van der Waals surface area contributed by atoms with E-state index in [1.165, 1.54) is 0 Å². The first-order chi connectivity index (χ1) is 13.3. The molecule has 0 radical (unpaired) electrons. The molecule has 1 heterocycles. The van der Waals surface area contributed by atoms with Crippen molar-refractivity contribution in [1.29, 1.82) is 0 Å². The molecule has 0 fully saturated rings. The van der Waals surface area contributed by atoms with E-state index in [1.807, 2.05) is 60.9 Å². The summed E-state index contributed by atoms with van der Waals surface area (Å²) in [6.45, 7) is 1.03. The second-order valence-corrected chi connectivity index (χ2v) is 7.35. The van der Waals surface area contributed by atoms with Gasteiger partial charge in [0.1, 0.15) is 24.7 Å². The molecule has 0 saturated carbocycles. The van der Waals surface area contributed by atoms with Crippen LogP contribution in [0.4, 0.5) is 0 Å². The van der Waals surface area contributed by atoms with Gasteiger partial charge in [-0.15, -0.1) is 0 Å². The summed E-state index contributed by atoms with van der Waals surface area (Å²) in [5.41, 5.74) is 2.26. The molecule has 3 aromatic carbocycles. The molecule has 0 N–H and O–H groups in total. The van der Waals surface area contributed by atoms with Gasteiger partial charge in [-0.25, -0.2) is 0 Å². The quantitative estimate of drug-likeness (QED) is 0.326. The van der Waals surface area contributed by atoms with Crippen molar-refractivity contribution < 1.29 is 9.47 Å². The van der Waals surface area contributed by atoms with Crippen molar-refractivity contribution in [3.8, 4) is 11.5 Å². The second-order valence-electron chi connectivity index (χ2n) is 6.19. The maximum atomic E-state index is 6.17. The molecule has 0 saturated heterocycles. The molecule has 4 heteroatoms. The zero-order valence-electron chi connectivity index (χ0n) is 14.6. The minimum atomic E-state index is 0.510. The third-order valence-electron chi connectivity index (χ3n) is 4.23. The number of halogens is 1. The zero-order chi connectivity index (χ0) is 18.5. The monoisotopic (exact) mass is 467 g/mol. The van der Waals surface area contributed by atoms with E-state index in [9.17, 15) is 0 Å². The van der Waals surface area contributed by atoms with Crippen LogP contribution in [0.15, 0.2) is 85.2 Å². The lowest BCUT2D eigenvalue weighted by Crippen LogP contribution is -1.99. The molecule has 4 rings (SSSR count). The number of benzene rings is 3. The van der Waals surface area contributed by atoms with Gasteiger partial charge >= 0.3 is 0 Å². The number of hydrogen-bond acceptors (Lipinski definition) is 3. The van der Waals surface area contributed by atoms with Crippen LogP contribution in [-0.4, -0.2) is 4.98 Å². The molecular formula is C23H18INO2. The summed E-state index contributed by atoms with van der Waals surface area (Å²) in [5, 5.41) is 2.07. The smallest absolute Gasteiger partial charge is 0.132 e. The number of aromatic nitrogens is 1. The second kappa shape index (κ2) is 8.39. The Balaban J connectivity index is 1.63. The van der Waals surface area contributed by atoms with E-state index in [0.717, 1.165) is 37.0 Å². The molecule has 0 unspecified atom stereocenters. The summed E-state index contributed by atoms with van der Waals surface area (Å²) in [6, 6.07) is 24.3. The molecule has 27 heavy (non-hydrogen) atoms. The lowest BCUT2D eigenvalue weighted by molar-refractivity contribution is 0.292. The molecule has 0 spiro atoms. The molecule has 0 bridgehead atoms. The minimum absolute atomic E-state index is 0.510. The highest BCUT2D eigenvalue weighted by Crippen LogP contribution is 2.34. The van der Waals surface area contributed by atoms with Crippen molar-refractivity contribution in [1.82, 2.24) is 4.98 Å². The lowest BCUT2D eigenvalue weighted by Gasteiger charge is -2.14. The van der Waals surface area contributed by atoms with Crippen molar-refractivity contribution in [3.05, 3.63) is 99.9 Å². The fourth-order valence-corrected chi connectivity index (χ4v) is 3.63. The van der Waals surface area contributed by atoms with Crippen LogP contribution in [0, 0.1) is 3.57 Å². The zero-order valence-corrected chi connectivity index (χ0v) is 16.8. The van der Waals surface area contributed by atoms with E-state index in [2.05, 4.69) is 51.8 Å². The largest absolute Gasteiger partial charge is 0.489 e. The standard InChI is InChI=1S/C23H18INO2/c24-21-14-25-13-19-11-20(26-15-17-7-3-1-4-8-17)12-22(23(19)21)27-16-18-9-5-2-6-10-18/h1-14H,15-16H2. The first kappa shape index (κ1) is 17.8. The predicted octanol–water partition coefficient (Wildman–Crippen LogP) is 6.00. The van der Waals surface area contributed by atoms with Gasteiger partial charge in [0.05, 0.1) is 0 Å². The number of pyridine rings is 1. The molecule has 0 amide bonds. The molecule has 0 aliphatic heterocycles. The summed E-state index contributed by atoms with van der Waals surface area (Å²) < 4.78 is 13.2. The van der Waals surface area contributed by atoms with Crippen LogP contribution in [0.25, 0.3) is 10.8 Å². The van der Waals surface area contributed by atoms with Gasteiger partial charge < -0.3 is 9.47 Å². The van der Waals surface area contributed by atoms with E-state index in [0.29, 0.717) is 13.2 Å². The van der Waals surface area contributed by atoms with Crippen LogP contribution in [0.2, 0.25) is 0 Å². The first-order valence-corrected chi connectivity index (χ1v) is 9.78. The highest BCUT2D eigenvalue weighted by Gasteiger charge is 2.11. The Morgan fingerprint density at radius 2 is 1.37 bits per heavy atom. The Bertz CT molecular complexity index is 1040. The van der Waals surface area contributed by atoms with Crippen molar-refractivity contribution in [2.75, 3.05) is 0 Å². The topological polar surface area (TPSA) is 31.4 Å². The summed E-state index contributed by atoms with van der Waals surface area (Å²) in [6.07, 6.45) is 3.70. The Labute approximate surface area is 172 Å². The van der Waals surface area contributed by atoms with E-state index in [4.69, 9.17) is 9.47 Å². The Morgan fingerprint density at radius 1 is 0.741 bits per heavy atom. The van der Waals surface area contributed by atoms with Gasteiger partial charge in [0.15, 0.2) is 0 Å². The fourth-order valence-electron chi connectivity index (χ4n) is 2.89. The Hall–Kier alpha value is -2.60. The molecule has 1 aromatic heterocycles. The van der Waals surface area contributed by atoms with Crippen molar-refractivity contribution in [2.45, 2.75) is 13.2 Å². The number of nitrogens with zero attached hydrogens (tertiary/aromatic N) is 1. The van der Waals surface area contributed by atoms with Crippen molar-refractivity contribution in [2.24, 2.45) is 0 Å².